The van der Waals surface area contributed by atoms with Crippen molar-refractivity contribution >= 4 is 28.3 Å². The summed E-state index contributed by atoms with van der Waals surface area (Å²) >= 11 is 0. The summed E-state index contributed by atoms with van der Waals surface area (Å²) in [5, 5.41) is 2.00. The normalized spacial score (nSPS) is 13.1. The van der Waals surface area contributed by atoms with Crippen LogP contribution >= 0.6 is 0 Å². The van der Waals surface area contributed by atoms with Gasteiger partial charge in [-0.15, -0.1) is 0 Å². The number of ether oxygens (including phenoxy) is 2. The monoisotopic (exact) mass is 375 g/mol. The van der Waals surface area contributed by atoms with Gasteiger partial charge in [0.25, 0.3) is 5.91 Å². The molecule has 0 atom stereocenters. The maximum absolute atomic E-state index is 13.5. The first kappa shape index (κ1) is 18.0. The molecule has 3 aromatic rings. The first-order valence-corrected chi connectivity index (χ1v) is 9.23. The molecule has 142 valence electrons. The highest BCUT2D eigenvalue weighted by Gasteiger charge is 2.28. The number of esters is 1. The molecule has 4 rings (SSSR count). The molecule has 28 heavy (non-hydrogen) atoms. The topological polar surface area (TPSA) is 55.8 Å². The van der Waals surface area contributed by atoms with Gasteiger partial charge in [-0.05, 0) is 53.4 Å². The Morgan fingerprint density at radius 2 is 1.68 bits per heavy atom. The lowest BCUT2D eigenvalue weighted by atomic mass is 9.95. The van der Waals surface area contributed by atoms with Crippen molar-refractivity contribution in [2.24, 2.45) is 0 Å². The van der Waals surface area contributed by atoms with Crippen LogP contribution in [0.5, 0.6) is 5.75 Å². The molecule has 1 aliphatic rings. The van der Waals surface area contributed by atoms with Crippen LogP contribution in [0.3, 0.4) is 0 Å². The quantitative estimate of drug-likeness (QED) is 0.643. The van der Waals surface area contributed by atoms with Gasteiger partial charge in [-0.1, -0.05) is 30.3 Å². The van der Waals surface area contributed by atoms with E-state index in [0.29, 0.717) is 23.4 Å². The van der Waals surface area contributed by atoms with Crippen molar-refractivity contribution < 1.29 is 19.1 Å². The summed E-state index contributed by atoms with van der Waals surface area (Å²) in [4.78, 5) is 27.3. The summed E-state index contributed by atoms with van der Waals surface area (Å²) in [6, 6.07) is 17.0. The van der Waals surface area contributed by atoms with E-state index >= 15 is 0 Å². The fourth-order valence-electron chi connectivity index (χ4n) is 3.84. The van der Waals surface area contributed by atoms with Crippen LogP contribution in [0.1, 0.15) is 32.7 Å². The second kappa shape index (κ2) is 7.35. The van der Waals surface area contributed by atoms with Gasteiger partial charge in [-0.3, -0.25) is 4.79 Å². The Bertz CT molecular complexity index is 1070. The predicted octanol–water partition coefficient (Wildman–Crippen LogP) is 4.23. The van der Waals surface area contributed by atoms with Gasteiger partial charge in [0.15, 0.2) is 0 Å². The summed E-state index contributed by atoms with van der Waals surface area (Å²) in [7, 11) is 2.94. The number of amides is 1. The number of rotatable bonds is 3. The number of methoxy groups -OCH3 is 2. The van der Waals surface area contributed by atoms with E-state index in [4.69, 9.17) is 9.47 Å². The van der Waals surface area contributed by atoms with Gasteiger partial charge < -0.3 is 14.4 Å². The number of benzene rings is 3. The summed E-state index contributed by atoms with van der Waals surface area (Å²) in [5.41, 5.74) is 2.64. The summed E-state index contributed by atoms with van der Waals surface area (Å²) < 4.78 is 10.4. The molecule has 1 heterocycles. The molecule has 0 saturated carbocycles. The smallest absolute Gasteiger partial charge is 0.338 e. The Kier molecular flexibility index (Phi) is 4.74. The molecule has 0 aliphatic carbocycles. The number of carbonyl (C=O) groups excluding carboxylic acids is 2. The lowest BCUT2D eigenvalue weighted by Crippen LogP contribution is -2.36. The standard InChI is InChI=1S/C23H21NO4/c1-27-21-14-16-8-4-3-7-15(16)13-19(21)22(25)24-12-6-10-17-18(23(26)28-2)9-5-11-20(17)24/h3-5,7-9,11,13-14H,6,10,12H2,1-2H3. The lowest BCUT2D eigenvalue weighted by Gasteiger charge is -2.31. The Labute approximate surface area is 163 Å². The molecular weight excluding hydrogens is 354 g/mol. The van der Waals surface area contributed by atoms with E-state index in [2.05, 4.69) is 0 Å². The van der Waals surface area contributed by atoms with Crippen LogP contribution in [0.4, 0.5) is 5.69 Å². The molecule has 0 bridgehead atoms. The van der Waals surface area contributed by atoms with Crippen molar-refractivity contribution in [3.05, 3.63) is 71.3 Å². The van der Waals surface area contributed by atoms with Crippen molar-refractivity contribution in [3.63, 3.8) is 0 Å². The van der Waals surface area contributed by atoms with Crippen LogP contribution in [-0.2, 0) is 11.2 Å². The lowest BCUT2D eigenvalue weighted by molar-refractivity contribution is 0.0599. The summed E-state index contributed by atoms with van der Waals surface area (Å²) in [6.07, 6.45) is 1.52. The van der Waals surface area contributed by atoms with Gasteiger partial charge in [-0.2, -0.15) is 0 Å². The van der Waals surface area contributed by atoms with E-state index in [1.165, 1.54) is 7.11 Å². The number of nitrogens with zero attached hydrogens (tertiary/aromatic N) is 1. The molecule has 1 amide bonds. The van der Waals surface area contributed by atoms with Crippen molar-refractivity contribution in [2.45, 2.75) is 12.8 Å². The average molecular weight is 375 g/mol. The van der Waals surface area contributed by atoms with Gasteiger partial charge in [0.2, 0.25) is 0 Å². The second-order valence-electron chi connectivity index (χ2n) is 6.75. The zero-order valence-corrected chi connectivity index (χ0v) is 15.9. The van der Waals surface area contributed by atoms with Crippen LogP contribution in [0.25, 0.3) is 10.8 Å². The van der Waals surface area contributed by atoms with Crippen molar-refractivity contribution in [3.8, 4) is 5.75 Å². The predicted molar refractivity (Wildman–Crippen MR) is 108 cm³/mol. The third-order valence-electron chi connectivity index (χ3n) is 5.20. The largest absolute Gasteiger partial charge is 0.496 e. The number of fused-ring (bicyclic) bond motifs is 2. The zero-order chi connectivity index (χ0) is 19.7. The van der Waals surface area contributed by atoms with Gasteiger partial charge >= 0.3 is 5.97 Å². The van der Waals surface area contributed by atoms with Crippen LogP contribution in [-0.4, -0.2) is 32.6 Å². The highest BCUT2D eigenvalue weighted by atomic mass is 16.5. The molecule has 0 fully saturated rings. The zero-order valence-electron chi connectivity index (χ0n) is 15.9. The first-order valence-electron chi connectivity index (χ1n) is 9.23. The van der Waals surface area contributed by atoms with Crippen LogP contribution in [0, 0.1) is 0 Å². The molecule has 5 nitrogen and oxygen atoms in total. The Hall–Kier alpha value is -3.34. The van der Waals surface area contributed by atoms with Gasteiger partial charge in [0.05, 0.1) is 25.3 Å². The first-order chi connectivity index (χ1) is 13.6. The van der Waals surface area contributed by atoms with E-state index in [9.17, 15) is 9.59 Å². The SMILES string of the molecule is COC(=O)c1cccc2c1CCCN2C(=O)c1cc2ccccc2cc1OC. The maximum Gasteiger partial charge on any atom is 0.338 e. The molecular formula is C23H21NO4. The highest BCUT2D eigenvalue weighted by molar-refractivity contribution is 6.11. The molecule has 5 heteroatoms. The second-order valence-corrected chi connectivity index (χ2v) is 6.75. The van der Waals surface area contributed by atoms with Crippen molar-refractivity contribution in [1.29, 1.82) is 0 Å². The van der Waals surface area contributed by atoms with E-state index in [1.54, 1.807) is 24.1 Å². The van der Waals surface area contributed by atoms with Crippen molar-refractivity contribution in [1.82, 2.24) is 0 Å². The van der Waals surface area contributed by atoms with Crippen LogP contribution in [0.15, 0.2) is 54.6 Å². The molecule has 0 unspecified atom stereocenters. The average Bonchev–Trinajstić information content (AvgIpc) is 2.76. The van der Waals surface area contributed by atoms with E-state index in [0.717, 1.165) is 34.9 Å². The number of anilines is 1. The third-order valence-corrected chi connectivity index (χ3v) is 5.20. The van der Waals surface area contributed by atoms with Gasteiger partial charge in [-0.25, -0.2) is 4.79 Å². The van der Waals surface area contributed by atoms with Crippen molar-refractivity contribution in [2.75, 3.05) is 25.7 Å². The number of carbonyl (C=O) groups is 2. The molecule has 0 radical (unpaired) electrons. The van der Waals surface area contributed by atoms with Gasteiger partial charge in [0.1, 0.15) is 5.75 Å². The Morgan fingerprint density at radius 1 is 0.929 bits per heavy atom. The van der Waals surface area contributed by atoms with Crippen LogP contribution < -0.4 is 9.64 Å². The highest BCUT2D eigenvalue weighted by Crippen LogP contribution is 2.34. The third kappa shape index (κ3) is 2.99. The maximum atomic E-state index is 13.5. The van der Waals surface area contributed by atoms with E-state index < -0.39 is 0 Å². The van der Waals surface area contributed by atoms with Gasteiger partial charge in [0, 0.05) is 12.2 Å². The van der Waals surface area contributed by atoms with Crippen LogP contribution in [0.2, 0.25) is 0 Å². The fraction of sp³-hybridized carbons (Fsp3) is 0.217. The Balaban J connectivity index is 1.81. The Morgan fingerprint density at radius 3 is 2.39 bits per heavy atom. The molecule has 0 N–H and O–H groups in total. The molecule has 3 aromatic carbocycles. The molecule has 0 spiro atoms. The van der Waals surface area contributed by atoms with E-state index in [1.807, 2.05) is 42.5 Å². The number of hydrogen-bond donors (Lipinski definition) is 0. The molecule has 0 saturated heterocycles. The minimum absolute atomic E-state index is 0.134. The molecule has 1 aliphatic heterocycles. The minimum Gasteiger partial charge on any atom is -0.496 e. The summed E-state index contributed by atoms with van der Waals surface area (Å²) in [6.45, 7) is 0.590. The minimum atomic E-state index is -0.380. The summed E-state index contributed by atoms with van der Waals surface area (Å²) in [5.74, 6) is 0.0277. The van der Waals surface area contributed by atoms with E-state index in [-0.39, 0.29) is 11.9 Å². The number of hydrogen-bond acceptors (Lipinski definition) is 4. The molecule has 0 aromatic heterocycles. The fourth-order valence-corrected chi connectivity index (χ4v) is 3.84.